The van der Waals surface area contributed by atoms with Gasteiger partial charge in [-0.1, -0.05) is 108 Å². The Morgan fingerprint density at radius 2 is 1.38 bits per heavy atom. The largest absolute Gasteiger partial charge is 0.299 e. The maximum atomic E-state index is 13.2. The molecule has 0 bridgehead atoms. The lowest BCUT2D eigenvalue weighted by Crippen LogP contribution is -2.21. The summed E-state index contributed by atoms with van der Waals surface area (Å²) in [5, 5.41) is 0. The molecule has 1 fully saturated rings. The van der Waals surface area contributed by atoms with Crippen LogP contribution in [0.3, 0.4) is 0 Å². The molecule has 2 aliphatic rings. The summed E-state index contributed by atoms with van der Waals surface area (Å²) in [6, 6.07) is 30.4. The second-order valence-corrected chi connectivity index (χ2v) is 10.00. The van der Waals surface area contributed by atoms with Crippen LogP contribution in [0.1, 0.15) is 72.6 Å². The fourth-order valence-electron chi connectivity index (χ4n) is 5.81. The molecule has 0 N–H and O–H groups in total. The smallest absolute Gasteiger partial charge is 0.136 e. The van der Waals surface area contributed by atoms with Gasteiger partial charge in [-0.25, -0.2) is 0 Å². The zero-order chi connectivity index (χ0) is 23.3. The van der Waals surface area contributed by atoms with Gasteiger partial charge < -0.3 is 0 Å². The van der Waals surface area contributed by atoms with Crippen molar-refractivity contribution in [1.82, 2.24) is 0 Å². The average Bonchev–Trinajstić information content (AvgIpc) is 3.33. The molecule has 0 aromatic heterocycles. The molecule has 0 spiro atoms. The fraction of sp³-hybridized carbons (Fsp3) is 0.303. The summed E-state index contributed by atoms with van der Waals surface area (Å²) in [5.74, 6) is 1.56. The van der Waals surface area contributed by atoms with Gasteiger partial charge in [-0.05, 0) is 67.2 Å². The SMILES string of the molecule is Cc1ccc(C2CCC(C(=O)CCC3=CC=C(c4ccccc4)C3c3ccccc3)CC2)cc1. The van der Waals surface area contributed by atoms with Gasteiger partial charge in [0, 0.05) is 18.3 Å². The third kappa shape index (κ3) is 4.99. The highest BCUT2D eigenvalue weighted by Crippen LogP contribution is 2.44. The van der Waals surface area contributed by atoms with Crippen LogP contribution in [-0.2, 0) is 4.79 Å². The Labute approximate surface area is 204 Å². The van der Waals surface area contributed by atoms with E-state index in [0.29, 0.717) is 18.1 Å². The Morgan fingerprint density at radius 1 is 0.735 bits per heavy atom. The molecule has 0 saturated heterocycles. The number of Topliss-reactive ketones (excluding diaryl/α,β-unsaturated/α-hetero) is 1. The molecular formula is C33H34O. The van der Waals surface area contributed by atoms with Crippen LogP contribution in [0.5, 0.6) is 0 Å². The molecule has 3 aromatic carbocycles. The van der Waals surface area contributed by atoms with Crippen molar-refractivity contribution in [2.24, 2.45) is 5.92 Å². The maximum Gasteiger partial charge on any atom is 0.136 e. The number of carbonyl (C=O) groups excluding carboxylic acids is 1. The lowest BCUT2D eigenvalue weighted by atomic mass is 9.76. The van der Waals surface area contributed by atoms with Gasteiger partial charge in [0.2, 0.25) is 0 Å². The predicted octanol–water partition coefficient (Wildman–Crippen LogP) is 8.43. The van der Waals surface area contributed by atoms with Gasteiger partial charge in [-0.2, -0.15) is 0 Å². The van der Waals surface area contributed by atoms with Crippen molar-refractivity contribution < 1.29 is 4.79 Å². The Bertz CT molecular complexity index is 1160. The van der Waals surface area contributed by atoms with Gasteiger partial charge in [0.05, 0.1) is 0 Å². The summed E-state index contributed by atoms with van der Waals surface area (Å²) in [6.45, 7) is 2.14. The summed E-state index contributed by atoms with van der Waals surface area (Å²) < 4.78 is 0. The van der Waals surface area contributed by atoms with Gasteiger partial charge in [0.25, 0.3) is 0 Å². The van der Waals surface area contributed by atoms with Crippen molar-refractivity contribution in [3.05, 3.63) is 125 Å². The highest BCUT2D eigenvalue weighted by Gasteiger charge is 2.29. The standard InChI is InChI=1S/C33H34O/c1-24-12-14-25(15-13-24)26-16-18-28(19-17-26)32(34)23-21-30-20-22-31(27-8-4-2-5-9-27)33(30)29-10-6-3-7-11-29/h2-15,20,22,26,28,33H,16-19,21,23H2,1H3. The van der Waals surface area contributed by atoms with Crippen LogP contribution < -0.4 is 0 Å². The molecule has 1 heteroatoms. The highest BCUT2D eigenvalue weighted by molar-refractivity contribution is 5.83. The summed E-state index contributed by atoms with van der Waals surface area (Å²) >= 11 is 0. The molecule has 0 aliphatic heterocycles. The van der Waals surface area contributed by atoms with E-state index in [9.17, 15) is 4.79 Å². The molecule has 1 saturated carbocycles. The number of hydrogen-bond donors (Lipinski definition) is 0. The molecule has 3 aromatic rings. The van der Waals surface area contributed by atoms with Crippen molar-refractivity contribution in [3.8, 4) is 0 Å². The first-order chi connectivity index (χ1) is 16.7. The molecule has 172 valence electrons. The number of benzene rings is 3. The summed E-state index contributed by atoms with van der Waals surface area (Å²) in [5.41, 5.74) is 8.04. The van der Waals surface area contributed by atoms with E-state index in [4.69, 9.17) is 0 Å². The highest BCUT2D eigenvalue weighted by atomic mass is 16.1. The van der Waals surface area contributed by atoms with E-state index >= 15 is 0 Å². The van der Waals surface area contributed by atoms with Gasteiger partial charge >= 0.3 is 0 Å². The molecule has 0 amide bonds. The number of ketones is 1. The first kappa shape index (κ1) is 22.6. The van der Waals surface area contributed by atoms with E-state index in [1.807, 2.05) is 0 Å². The minimum absolute atomic E-state index is 0.237. The third-order valence-electron chi connectivity index (χ3n) is 7.79. The lowest BCUT2D eigenvalue weighted by Gasteiger charge is -2.28. The minimum Gasteiger partial charge on any atom is -0.299 e. The molecule has 2 aliphatic carbocycles. The normalized spacial score (nSPS) is 22.2. The van der Waals surface area contributed by atoms with Gasteiger partial charge in [0.15, 0.2) is 0 Å². The molecule has 1 nitrogen and oxygen atoms in total. The molecule has 5 rings (SSSR count). The third-order valence-corrected chi connectivity index (χ3v) is 7.79. The molecule has 0 heterocycles. The Hall–Kier alpha value is -3.19. The number of hydrogen-bond acceptors (Lipinski definition) is 1. The van der Waals surface area contributed by atoms with Crippen LogP contribution in [0.15, 0.2) is 103 Å². The Balaban J connectivity index is 1.21. The molecular weight excluding hydrogens is 412 g/mol. The zero-order valence-corrected chi connectivity index (χ0v) is 20.1. The number of carbonyl (C=O) groups is 1. The van der Waals surface area contributed by atoms with Crippen LogP contribution in [0.2, 0.25) is 0 Å². The number of allylic oxidation sites excluding steroid dienone is 4. The molecule has 0 radical (unpaired) electrons. The first-order valence-electron chi connectivity index (χ1n) is 12.8. The maximum absolute atomic E-state index is 13.2. The van der Waals surface area contributed by atoms with Crippen LogP contribution in [0, 0.1) is 12.8 Å². The van der Waals surface area contributed by atoms with Crippen molar-refractivity contribution in [2.45, 2.75) is 57.3 Å². The Morgan fingerprint density at radius 3 is 2.06 bits per heavy atom. The van der Waals surface area contributed by atoms with E-state index in [-0.39, 0.29) is 11.8 Å². The van der Waals surface area contributed by atoms with Gasteiger partial charge in [-0.15, -0.1) is 0 Å². The van der Waals surface area contributed by atoms with Crippen LogP contribution >= 0.6 is 0 Å². The van der Waals surface area contributed by atoms with E-state index in [2.05, 4.69) is 104 Å². The quantitative estimate of drug-likeness (QED) is 0.356. The van der Waals surface area contributed by atoms with Crippen LogP contribution in [-0.4, -0.2) is 5.78 Å². The van der Waals surface area contributed by atoms with Crippen molar-refractivity contribution in [3.63, 3.8) is 0 Å². The minimum atomic E-state index is 0.237. The van der Waals surface area contributed by atoms with E-state index in [1.54, 1.807) is 0 Å². The monoisotopic (exact) mass is 446 g/mol. The van der Waals surface area contributed by atoms with Crippen LogP contribution in [0.4, 0.5) is 0 Å². The number of aryl methyl sites for hydroxylation is 1. The average molecular weight is 447 g/mol. The fourth-order valence-corrected chi connectivity index (χ4v) is 5.81. The van der Waals surface area contributed by atoms with Gasteiger partial charge in [-0.3, -0.25) is 4.79 Å². The first-order valence-corrected chi connectivity index (χ1v) is 12.8. The second-order valence-electron chi connectivity index (χ2n) is 10.00. The summed E-state index contributed by atoms with van der Waals surface area (Å²) in [4.78, 5) is 13.2. The predicted molar refractivity (Wildman–Crippen MR) is 142 cm³/mol. The van der Waals surface area contributed by atoms with Crippen LogP contribution in [0.25, 0.3) is 5.57 Å². The molecule has 1 atom stereocenters. The summed E-state index contributed by atoms with van der Waals surface area (Å²) in [7, 11) is 0. The van der Waals surface area contributed by atoms with E-state index in [0.717, 1.165) is 32.1 Å². The number of rotatable bonds is 7. The van der Waals surface area contributed by atoms with Crippen molar-refractivity contribution in [1.29, 1.82) is 0 Å². The van der Waals surface area contributed by atoms with Crippen molar-refractivity contribution in [2.75, 3.05) is 0 Å². The lowest BCUT2D eigenvalue weighted by molar-refractivity contribution is -0.123. The summed E-state index contributed by atoms with van der Waals surface area (Å²) in [6.07, 6.45) is 10.4. The zero-order valence-electron chi connectivity index (χ0n) is 20.1. The topological polar surface area (TPSA) is 17.1 Å². The molecule has 34 heavy (non-hydrogen) atoms. The van der Waals surface area contributed by atoms with Gasteiger partial charge in [0.1, 0.15) is 5.78 Å². The second kappa shape index (κ2) is 10.4. The van der Waals surface area contributed by atoms with E-state index in [1.165, 1.54) is 33.4 Å². The van der Waals surface area contributed by atoms with Crippen molar-refractivity contribution >= 4 is 11.4 Å². The van der Waals surface area contributed by atoms with E-state index < -0.39 is 0 Å². The molecule has 1 unspecified atom stereocenters. The Kier molecular flexibility index (Phi) is 6.90.